The average Bonchev–Trinajstić information content (AvgIpc) is 2.50. The van der Waals surface area contributed by atoms with Gasteiger partial charge in [-0.15, -0.1) is 5.10 Å². The number of nitrogens with zero attached hydrogens (tertiary/aromatic N) is 6. The predicted molar refractivity (Wildman–Crippen MR) is 34.2 cm³/mol. The third-order valence-corrected chi connectivity index (χ3v) is 1.10. The molecule has 0 radical (unpaired) electrons. The summed E-state index contributed by atoms with van der Waals surface area (Å²) in [5.41, 5.74) is 2.33. The molecule has 0 fully saturated rings. The van der Waals surface area contributed by atoms with Crippen LogP contribution >= 0.6 is 0 Å². The van der Waals surface area contributed by atoms with Crippen molar-refractivity contribution in [2.45, 2.75) is 0 Å². The number of nitrogens with two attached hydrogens (primary N) is 1. The zero-order valence-electron chi connectivity index (χ0n) is 5.34. The number of rotatable bonds is 1. The number of fused-ring (bicyclic) bond motifs is 1. The number of nitrogens with one attached hydrogen (secondary N) is 1. The lowest BCUT2D eigenvalue weighted by Crippen LogP contribution is -2.10. The van der Waals surface area contributed by atoms with Gasteiger partial charge < -0.3 is 5.43 Å². The SMILES string of the molecule is NNc1cnn2nnnc2n1. The summed E-state index contributed by atoms with van der Waals surface area (Å²) >= 11 is 0. The van der Waals surface area contributed by atoms with Gasteiger partial charge in [0.05, 0.1) is 6.20 Å². The van der Waals surface area contributed by atoms with E-state index in [9.17, 15) is 0 Å². The summed E-state index contributed by atoms with van der Waals surface area (Å²) in [7, 11) is 0. The number of nitrogen functional groups attached to an aromatic ring is 1. The standard InChI is InChI=1S/C3H4N8/c4-7-2-1-5-11-3(6-2)8-9-10-11/h1H,4H2,(H,6,7,8,10). The first kappa shape index (κ1) is 5.92. The molecule has 2 rings (SSSR count). The van der Waals surface area contributed by atoms with E-state index in [0.29, 0.717) is 11.6 Å². The Balaban J connectivity index is 2.67. The minimum atomic E-state index is 0.306. The maximum Gasteiger partial charge on any atom is 0.293 e. The van der Waals surface area contributed by atoms with Gasteiger partial charge in [0.2, 0.25) is 0 Å². The second-order valence-corrected chi connectivity index (χ2v) is 1.75. The molecule has 0 aliphatic carbocycles. The first-order valence-corrected chi connectivity index (χ1v) is 2.78. The summed E-state index contributed by atoms with van der Waals surface area (Å²) in [6.07, 6.45) is 1.42. The number of aromatic nitrogens is 6. The summed E-state index contributed by atoms with van der Waals surface area (Å²) in [4.78, 5) is 3.88. The Bertz CT molecular complexity index is 364. The second-order valence-electron chi connectivity index (χ2n) is 1.75. The smallest absolute Gasteiger partial charge is 0.293 e. The highest BCUT2D eigenvalue weighted by atomic mass is 15.6. The highest BCUT2D eigenvalue weighted by Crippen LogP contribution is 1.96. The fraction of sp³-hybridized carbons (Fsp3) is 0. The Kier molecular flexibility index (Phi) is 1.13. The number of hydrazine groups is 1. The van der Waals surface area contributed by atoms with Gasteiger partial charge in [0.15, 0.2) is 5.82 Å². The van der Waals surface area contributed by atoms with Crippen molar-refractivity contribution in [2.24, 2.45) is 5.84 Å². The van der Waals surface area contributed by atoms with Crippen LogP contribution in [-0.4, -0.2) is 30.2 Å². The molecule has 0 aliphatic rings. The molecular formula is C3H4N8. The third-order valence-electron chi connectivity index (χ3n) is 1.10. The Morgan fingerprint density at radius 2 is 2.45 bits per heavy atom. The summed E-state index contributed by atoms with van der Waals surface area (Å²) in [6.45, 7) is 0. The minimum Gasteiger partial charge on any atom is -0.307 e. The summed E-state index contributed by atoms with van der Waals surface area (Å²) < 4.78 is 1.20. The van der Waals surface area contributed by atoms with Gasteiger partial charge in [0.25, 0.3) is 5.78 Å². The van der Waals surface area contributed by atoms with Gasteiger partial charge >= 0.3 is 0 Å². The van der Waals surface area contributed by atoms with E-state index in [-0.39, 0.29) is 0 Å². The lowest BCUT2D eigenvalue weighted by Gasteiger charge is -1.94. The molecule has 0 amide bonds. The van der Waals surface area contributed by atoms with E-state index in [1.807, 2.05) is 0 Å². The van der Waals surface area contributed by atoms with Crippen molar-refractivity contribution in [3.8, 4) is 0 Å². The third kappa shape index (κ3) is 0.846. The van der Waals surface area contributed by atoms with Crippen molar-refractivity contribution in [3.05, 3.63) is 6.20 Å². The molecule has 0 bridgehead atoms. The van der Waals surface area contributed by atoms with E-state index < -0.39 is 0 Å². The highest BCUT2D eigenvalue weighted by Gasteiger charge is 1.98. The van der Waals surface area contributed by atoms with Crippen molar-refractivity contribution in [1.29, 1.82) is 0 Å². The molecule has 2 aromatic rings. The second kappa shape index (κ2) is 2.09. The van der Waals surface area contributed by atoms with Gasteiger partial charge in [-0.25, -0.2) is 5.84 Å². The lowest BCUT2D eigenvalue weighted by molar-refractivity contribution is 0.726. The van der Waals surface area contributed by atoms with Crippen LogP contribution in [0.3, 0.4) is 0 Å². The van der Waals surface area contributed by atoms with E-state index in [2.05, 4.69) is 31.0 Å². The number of hydrogen-bond donors (Lipinski definition) is 2. The van der Waals surface area contributed by atoms with Crippen molar-refractivity contribution >= 4 is 11.6 Å². The monoisotopic (exact) mass is 152 g/mol. The van der Waals surface area contributed by atoms with Crippen molar-refractivity contribution in [1.82, 2.24) is 30.2 Å². The minimum absolute atomic E-state index is 0.306. The molecule has 8 heteroatoms. The first-order chi connectivity index (χ1) is 5.40. The molecule has 3 N–H and O–H groups in total. The molecule has 2 heterocycles. The number of hydrogen-bond acceptors (Lipinski definition) is 7. The van der Waals surface area contributed by atoms with Gasteiger partial charge in [0.1, 0.15) is 0 Å². The molecule has 56 valence electrons. The molecule has 11 heavy (non-hydrogen) atoms. The molecule has 0 aliphatic heterocycles. The molecule has 0 spiro atoms. The predicted octanol–water partition coefficient (Wildman–Crippen LogP) is -1.80. The van der Waals surface area contributed by atoms with Gasteiger partial charge in [-0.1, -0.05) is 9.73 Å². The van der Waals surface area contributed by atoms with Crippen molar-refractivity contribution < 1.29 is 0 Å². The lowest BCUT2D eigenvalue weighted by atomic mass is 10.7. The summed E-state index contributed by atoms with van der Waals surface area (Å²) in [6, 6.07) is 0. The van der Waals surface area contributed by atoms with E-state index in [1.54, 1.807) is 0 Å². The van der Waals surface area contributed by atoms with Crippen LogP contribution in [0, 0.1) is 0 Å². The molecule has 0 unspecified atom stereocenters. The molecule has 0 atom stereocenters. The van der Waals surface area contributed by atoms with Crippen LogP contribution < -0.4 is 11.3 Å². The average molecular weight is 152 g/mol. The normalized spacial score (nSPS) is 10.3. The Hall–Kier alpha value is -1.83. The quantitative estimate of drug-likeness (QED) is 0.366. The van der Waals surface area contributed by atoms with Crippen molar-refractivity contribution in [3.63, 3.8) is 0 Å². The number of tetrazole rings is 1. The first-order valence-electron chi connectivity index (χ1n) is 2.78. The number of anilines is 1. The zero-order valence-corrected chi connectivity index (χ0v) is 5.34. The van der Waals surface area contributed by atoms with Gasteiger partial charge in [-0.2, -0.15) is 4.98 Å². The highest BCUT2D eigenvalue weighted by molar-refractivity contribution is 5.35. The van der Waals surface area contributed by atoms with Crippen LogP contribution in [0.4, 0.5) is 5.82 Å². The van der Waals surface area contributed by atoms with Gasteiger partial charge in [-0.3, -0.25) is 0 Å². The maximum absolute atomic E-state index is 5.08. The van der Waals surface area contributed by atoms with E-state index in [0.717, 1.165) is 0 Å². The van der Waals surface area contributed by atoms with Crippen LogP contribution in [0.15, 0.2) is 6.20 Å². The largest absolute Gasteiger partial charge is 0.307 e. The molecular weight excluding hydrogens is 148 g/mol. The van der Waals surface area contributed by atoms with Crippen LogP contribution in [0.1, 0.15) is 0 Å². The van der Waals surface area contributed by atoms with Crippen LogP contribution in [0.2, 0.25) is 0 Å². The van der Waals surface area contributed by atoms with E-state index in [1.165, 1.54) is 10.8 Å². The zero-order chi connectivity index (χ0) is 7.68. The maximum atomic E-state index is 5.08. The Labute approximate surface area is 60.4 Å². The molecule has 2 aromatic heterocycles. The van der Waals surface area contributed by atoms with E-state index in [4.69, 9.17) is 5.84 Å². The van der Waals surface area contributed by atoms with Crippen molar-refractivity contribution in [2.75, 3.05) is 5.43 Å². The topological polar surface area (TPSA) is 107 Å². The molecule has 0 saturated carbocycles. The van der Waals surface area contributed by atoms with Crippen LogP contribution in [0.25, 0.3) is 5.78 Å². The fourth-order valence-corrected chi connectivity index (χ4v) is 0.635. The fourth-order valence-electron chi connectivity index (χ4n) is 0.635. The van der Waals surface area contributed by atoms with Gasteiger partial charge in [0, 0.05) is 0 Å². The molecule has 8 nitrogen and oxygen atoms in total. The summed E-state index contributed by atoms with van der Waals surface area (Å²) in [5, 5.41) is 14.2. The van der Waals surface area contributed by atoms with Gasteiger partial charge in [-0.05, 0) is 10.4 Å². The van der Waals surface area contributed by atoms with Crippen LogP contribution in [-0.2, 0) is 0 Å². The van der Waals surface area contributed by atoms with Crippen LogP contribution in [0.5, 0.6) is 0 Å². The van der Waals surface area contributed by atoms with E-state index >= 15 is 0 Å². The molecule has 0 saturated heterocycles. The Morgan fingerprint density at radius 3 is 3.27 bits per heavy atom. The summed E-state index contributed by atoms with van der Waals surface area (Å²) in [5.74, 6) is 5.81. The Morgan fingerprint density at radius 1 is 1.55 bits per heavy atom. The molecule has 0 aromatic carbocycles.